The van der Waals surface area contributed by atoms with E-state index in [9.17, 15) is 24.5 Å². The second-order valence-electron chi connectivity index (χ2n) is 6.35. The first-order valence-corrected chi connectivity index (χ1v) is 8.84. The van der Waals surface area contributed by atoms with Crippen molar-refractivity contribution in [2.45, 2.75) is 13.8 Å². The maximum atomic E-state index is 12.1. The van der Waals surface area contributed by atoms with Crippen LogP contribution in [0, 0.1) is 24.0 Å². The first-order valence-electron chi connectivity index (χ1n) is 8.84. The highest BCUT2D eigenvalue weighted by Crippen LogP contribution is 2.27. The zero-order valence-electron chi connectivity index (χ0n) is 16.7. The molecule has 0 heterocycles. The number of anilines is 1. The van der Waals surface area contributed by atoms with Crippen LogP contribution in [0.15, 0.2) is 36.4 Å². The van der Waals surface area contributed by atoms with E-state index in [-0.39, 0.29) is 17.0 Å². The average molecular weight is 415 g/mol. The van der Waals surface area contributed by atoms with E-state index in [2.05, 4.69) is 10.6 Å². The monoisotopic (exact) mass is 415 g/mol. The summed E-state index contributed by atoms with van der Waals surface area (Å²) in [6, 6.07) is 9.14. The summed E-state index contributed by atoms with van der Waals surface area (Å²) >= 11 is 0. The van der Waals surface area contributed by atoms with Crippen LogP contribution >= 0.6 is 0 Å². The van der Waals surface area contributed by atoms with Crippen molar-refractivity contribution in [2.24, 2.45) is 0 Å². The zero-order chi connectivity index (χ0) is 22.3. The molecule has 0 saturated heterocycles. The number of nitrogens with zero attached hydrogens (tertiary/aromatic N) is 1. The molecule has 0 atom stereocenters. The summed E-state index contributed by atoms with van der Waals surface area (Å²) in [5.74, 6) is -2.06. The van der Waals surface area contributed by atoms with Gasteiger partial charge in [-0.2, -0.15) is 0 Å². The number of ether oxygens (including phenoxy) is 2. The van der Waals surface area contributed by atoms with Gasteiger partial charge in [0.25, 0.3) is 11.8 Å². The van der Waals surface area contributed by atoms with Gasteiger partial charge in [0, 0.05) is 17.3 Å². The molecule has 2 rings (SSSR count). The quantitative estimate of drug-likeness (QED) is 0.383. The molecule has 0 fully saturated rings. The highest BCUT2D eigenvalue weighted by Gasteiger charge is 2.19. The Kier molecular flexibility index (Phi) is 7.45. The summed E-state index contributed by atoms with van der Waals surface area (Å²) in [6.07, 6.45) is 0. The fourth-order valence-electron chi connectivity index (χ4n) is 2.57. The number of amides is 2. The summed E-state index contributed by atoms with van der Waals surface area (Å²) in [5.41, 5.74) is 2.13. The second kappa shape index (κ2) is 10.0. The van der Waals surface area contributed by atoms with E-state index in [4.69, 9.17) is 9.47 Å². The number of esters is 1. The Balaban J connectivity index is 1.84. The number of nitro groups is 1. The summed E-state index contributed by atoms with van der Waals surface area (Å²) in [7, 11) is 1.27. The van der Waals surface area contributed by atoms with Crippen LogP contribution in [0.3, 0.4) is 0 Å². The highest BCUT2D eigenvalue weighted by molar-refractivity contribution is 5.97. The Morgan fingerprint density at radius 3 is 2.47 bits per heavy atom. The molecule has 0 bridgehead atoms. The molecule has 2 amide bonds. The van der Waals surface area contributed by atoms with Gasteiger partial charge >= 0.3 is 11.7 Å². The van der Waals surface area contributed by atoms with E-state index in [1.807, 2.05) is 26.0 Å². The summed E-state index contributed by atoms with van der Waals surface area (Å²) in [4.78, 5) is 46.1. The van der Waals surface area contributed by atoms with Gasteiger partial charge in [0.15, 0.2) is 12.4 Å². The van der Waals surface area contributed by atoms with Gasteiger partial charge in [0.05, 0.1) is 12.0 Å². The number of nitrogens with one attached hydrogen (secondary N) is 2. The van der Waals surface area contributed by atoms with Crippen LogP contribution in [0.1, 0.15) is 21.5 Å². The van der Waals surface area contributed by atoms with Crippen molar-refractivity contribution in [3.05, 3.63) is 63.2 Å². The van der Waals surface area contributed by atoms with Crippen LogP contribution < -0.4 is 15.4 Å². The molecule has 0 spiro atoms. The minimum atomic E-state index is -0.831. The Hall–Kier alpha value is -3.95. The number of rotatable bonds is 8. The fourth-order valence-corrected chi connectivity index (χ4v) is 2.57. The molecule has 0 unspecified atom stereocenters. The third-order valence-corrected chi connectivity index (χ3v) is 4.05. The topological polar surface area (TPSA) is 137 Å². The van der Waals surface area contributed by atoms with Crippen molar-refractivity contribution >= 4 is 29.2 Å². The van der Waals surface area contributed by atoms with Crippen LogP contribution in [0.5, 0.6) is 5.75 Å². The number of hydrogen-bond donors (Lipinski definition) is 2. The lowest BCUT2D eigenvalue weighted by molar-refractivity contribution is -0.385. The molecule has 30 heavy (non-hydrogen) atoms. The van der Waals surface area contributed by atoms with Crippen LogP contribution in [-0.4, -0.2) is 43.0 Å². The molecule has 2 aromatic rings. The van der Waals surface area contributed by atoms with Gasteiger partial charge in [0.2, 0.25) is 0 Å². The van der Waals surface area contributed by atoms with Gasteiger partial charge in [-0.25, -0.2) is 0 Å². The molecule has 2 aromatic carbocycles. The summed E-state index contributed by atoms with van der Waals surface area (Å²) < 4.78 is 9.69. The van der Waals surface area contributed by atoms with E-state index in [0.29, 0.717) is 5.69 Å². The van der Waals surface area contributed by atoms with Crippen molar-refractivity contribution in [1.82, 2.24) is 5.32 Å². The first kappa shape index (κ1) is 22.3. The Morgan fingerprint density at radius 1 is 1.10 bits per heavy atom. The predicted molar refractivity (Wildman–Crippen MR) is 107 cm³/mol. The molecular weight excluding hydrogens is 394 g/mol. The maximum absolute atomic E-state index is 12.1. The zero-order valence-corrected chi connectivity index (χ0v) is 16.7. The van der Waals surface area contributed by atoms with Crippen molar-refractivity contribution < 1.29 is 28.8 Å². The number of benzene rings is 2. The van der Waals surface area contributed by atoms with Crippen LogP contribution in [-0.2, 0) is 14.3 Å². The molecule has 0 aliphatic rings. The van der Waals surface area contributed by atoms with Crippen molar-refractivity contribution in [3.63, 3.8) is 0 Å². The van der Waals surface area contributed by atoms with Gasteiger partial charge in [-0.15, -0.1) is 0 Å². The molecule has 0 aromatic heterocycles. The smallest absolute Gasteiger partial charge is 0.325 e. The minimum Gasteiger partial charge on any atom is -0.490 e. The number of carbonyl (C=O) groups excluding carboxylic acids is 3. The lowest BCUT2D eigenvalue weighted by Gasteiger charge is -2.10. The standard InChI is InChI=1S/C20H21N3O7/c1-12-4-6-15(13(2)8-12)22-18(24)11-30-19(25)10-21-20(26)14-5-7-17(29-3)16(9-14)23(27)28/h4-9H,10-11H2,1-3H3,(H,21,26)(H,22,24). The Labute approximate surface area is 172 Å². The van der Waals surface area contributed by atoms with Crippen molar-refractivity contribution in [1.29, 1.82) is 0 Å². The van der Waals surface area contributed by atoms with Crippen molar-refractivity contribution in [3.8, 4) is 5.75 Å². The van der Waals surface area contributed by atoms with E-state index in [0.717, 1.165) is 17.2 Å². The number of nitro benzene ring substituents is 1. The van der Waals surface area contributed by atoms with Gasteiger partial charge in [-0.1, -0.05) is 17.7 Å². The lowest BCUT2D eigenvalue weighted by Crippen LogP contribution is -2.32. The molecular formula is C20H21N3O7. The summed E-state index contributed by atoms with van der Waals surface area (Å²) in [6.45, 7) is 2.75. The average Bonchev–Trinajstić information content (AvgIpc) is 2.71. The summed E-state index contributed by atoms with van der Waals surface area (Å²) in [5, 5.41) is 15.9. The number of hydrogen-bond acceptors (Lipinski definition) is 7. The fraction of sp³-hybridized carbons (Fsp3) is 0.250. The third kappa shape index (κ3) is 6.03. The van der Waals surface area contributed by atoms with Crippen LogP contribution in [0.25, 0.3) is 0 Å². The molecule has 10 nitrogen and oxygen atoms in total. The van der Waals surface area contributed by atoms with E-state index in [1.165, 1.54) is 19.2 Å². The predicted octanol–water partition coefficient (Wildman–Crippen LogP) is 2.13. The van der Waals surface area contributed by atoms with E-state index >= 15 is 0 Å². The lowest BCUT2D eigenvalue weighted by atomic mass is 10.1. The van der Waals surface area contributed by atoms with E-state index < -0.39 is 35.9 Å². The maximum Gasteiger partial charge on any atom is 0.325 e. The van der Waals surface area contributed by atoms with Gasteiger partial charge in [-0.05, 0) is 37.6 Å². The van der Waals surface area contributed by atoms with Crippen molar-refractivity contribution in [2.75, 3.05) is 25.6 Å². The number of methoxy groups -OCH3 is 1. The van der Waals surface area contributed by atoms with Crippen LogP contribution in [0.4, 0.5) is 11.4 Å². The number of carbonyl (C=O) groups is 3. The van der Waals surface area contributed by atoms with E-state index in [1.54, 1.807) is 6.07 Å². The molecule has 0 radical (unpaired) electrons. The minimum absolute atomic E-state index is 0.00536. The van der Waals surface area contributed by atoms with Crippen LogP contribution in [0.2, 0.25) is 0 Å². The van der Waals surface area contributed by atoms with Gasteiger partial charge in [-0.3, -0.25) is 24.5 Å². The normalized spacial score (nSPS) is 10.1. The molecule has 10 heteroatoms. The SMILES string of the molecule is COc1ccc(C(=O)NCC(=O)OCC(=O)Nc2ccc(C)cc2C)cc1[N+](=O)[O-]. The molecule has 0 saturated carbocycles. The molecule has 0 aliphatic carbocycles. The molecule has 0 aliphatic heterocycles. The largest absolute Gasteiger partial charge is 0.490 e. The molecule has 2 N–H and O–H groups in total. The first-order chi connectivity index (χ1) is 14.2. The number of aryl methyl sites for hydroxylation is 2. The second-order valence-corrected chi connectivity index (χ2v) is 6.35. The Morgan fingerprint density at radius 2 is 1.83 bits per heavy atom. The molecule has 158 valence electrons. The Bertz CT molecular complexity index is 988. The third-order valence-electron chi connectivity index (χ3n) is 4.05. The van der Waals surface area contributed by atoms with Gasteiger partial charge < -0.3 is 20.1 Å². The van der Waals surface area contributed by atoms with Gasteiger partial charge in [0.1, 0.15) is 6.54 Å². The highest BCUT2D eigenvalue weighted by atomic mass is 16.6.